The number of amides is 1. The number of thiazole rings is 1. The van der Waals surface area contributed by atoms with Gasteiger partial charge in [0.25, 0.3) is 5.91 Å². The Morgan fingerprint density at radius 1 is 1.26 bits per heavy atom. The van der Waals surface area contributed by atoms with Gasteiger partial charge in [-0.1, -0.05) is 50.6 Å². The number of anilines is 1. The van der Waals surface area contributed by atoms with Crippen molar-refractivity contribution in [1.82, 2.24) is 25.2 Å². The average molecular weight is 385 g/mol. The molecule has 3 aromatic rings. The second kappa shape index (κ2) is 8.85. The molecule has 1 unspecified atom stereocenters. The minimum Gasteiger partial charge on any atom is -0.300 e. The van der Waals surface area contributed by atoms with Crippen molar-refractivity contribution < 1.29 is 4.79 Å². The van der Waals surface area contributed by atoms with Gasteiger partial charge in [-0.15, -0.1) is 16.4 Å². The van der Waals surface area contributed by atoms with E-state index in [-0.39, 0.29) is 5.91 Å². The second-order valence-electron chi connectivity index (χ2n) is 6.36. The summed E-state index contributed by atoms with van der Waals surface area (Å²) in [5.74, 6) is 0.444. The van der Waals surface area contributed by atoms with E-state index in [9.17, 15) is 4.79 Å². The molecule has 1 N–H and O–H groups in total. The number of hydrogen-bond acceptors (Lipinski definition) is 6. The van der Waals surface area contributed by atoms with Crippen LogP contribution in [-0.4, -0.2) is 31.1 Å². The number of nitrogens with zero attached hydrogens (tertiary/aromatic N) is 5. The van der Waals surface area contributed by atoms with Crippen LogP contribution in [0.4, 0.5) is 5.13 Å². The zero-order valence-electron chi connectivity index (χ0n) is 15.8. The van der Waals surface area contributed by atoms with Crippen molar-refractivity contribution in [2.75, 3.05) is 5.32 Å². The molecule has 1 atom stereocenters. The van der Waals surface area contributed by atoms with Crippen LogP contribution in [0.3, 0.4) is 0 Å². The van der Waals surface area contributed by atoms with E-state index in [4.69, 9.17) is 0 Å². The molecule has 1 aromatic carbocycles. The number of aryl methyl sites for hydroxylation is 3. The number of benzene rings is 1. The summed E-state index contributed by atoms with van der Waals surface area (Å²) in [5, 5.41) is 15.3. The van der Waals surface area contributed by atoms with Crippen molar-refractivity contribution in [3.05, 3.63) is 52.3 Å². The third-order valence-corrected chi connectivity index (χ3v) is 5.50. The predicted octanol–water partition coefficient (Wildman–Crippen LogP) is 3.38. The third kappa shape index (κ3) is 4.57. The molecule has 8 heteroatoms. The molecule has 0 spiro atoms. The van der Waals surface area contributed by atoms with Gasteiger partial charge in [-0.25, -0.2) is 9.67 Å². The third-order valence-electron chi connectivity index (χ3n) is 4.34. The monoisotopic (exact) mass is 384 g/mol. The number of aromatic nitrogens is 5. The maximum atomic E-state index is 13.1. The molecule has 0 radical (unpaired) electrons. The van der Waals surface area contributed by atoms with Crippen molar-refractivity contribution in [1.29, 1.82) is 0 Å². The highest BCUT2D eigenvalue weighted by atomic mass is 32.1. The maximum absolute atomic E-state index is 13.1. The molecule has 3 rings (SSSR count). The first-order chi connectivity index (χ1) is 13.1. The molecular formula is C19H24N6OS. The first-order valence-electron chi connectivity index (χ1n) is 9.20. The smallest absolute Gasteiger partial charge is 0.251 e. The molecule has 27 heavy (non-hydrogen) atoms. The number of carbonyl (C=O) groups excluding carboxylic acids is 1. The highest BCUT2D eigenvalue weighted by molar-refractivity contribution is 7.15. The summed E-state index contributed by atoms with van der Waals surface area (Å²) in [5.41, 5.74) is 2.13. The topological polar surface area (TPSA) is 85.6 Å². The van der Waals surface area contributed by atoms with Gasteiger partial charge in [-0.2, -0.15) is 0 Å². The molecule has 2 heterocycles. The van der Waals surface area contributed by atoms with E-state index in [0.717, 1.165) is 30.5 Å². The van der Waals surface area contributed by atoms with E-state index in [1.54, 1.807) is 22.9 Å². The summed E-state index contributed by atoms with van der Waals surface area (Å²) in [6.45, 7) is 6.04. The summed E-state index contributed by atoms with van der Waals surface area (Å²) in [7, 11) is 0. The Morgan fingerprint density at radius 3 is 2.67 bits per heavy atom. The summed E-state index contributed by atoms with van der Waals surface area (Å²) >= 11 is 1.55. The minimum absolute atomic E-state index is 0.159. The number of tetrazole rings is 1. The molecule has 0 saturated carbocycles. The van der Waals surface area contributed by atoms with E-state index in [0.29, 0.717) is 17.4 Å². The first-order valence-corrected chi connectivity index (χ1v) is 10.0. The normalized spacial score (nSPS) is 12.1. The largest absolute Gasteiger partial charge is 0.300 e. The lowest BCUT2D eigenvalue weighted by Gasteiger charge is -2.16. The van der Waals surface area contributed by atoms with E-state index >= 15 is 0 Å². The Hall–Kier alpha value is -2.61. The number of hydrogen-bond donors (Lipinski definition) is 1. The van der Waals surface area contributed by atoms with Crippen LogP contribution < -0.4 is 5.32 Å². The Kier molecular flexibility index (Phi) is 6.28. The average Bonchev–Trinajstić information content (AvgIpc) is 3.26. The van der Waals surface area contributed by atoms with Gasteiger partial charge in [-0.05, 0) is 35.8 Å². The molecule has 7 nitrogen and oxygen atoms in total. The lowest BCUT2D eigenvalue weighted by Crippen LogP contribution is -2.29. The van der Waals surface area contributed by atoms with Gasteiger partial charge in [0.2, 0.25) is 0 Å². The van der Waals surface area contributed by atoms with E-state index < -0.39 is 6.04 Å². The van der Waals surface area contributed by atoms with E-state index in [1.165, 1.54) is 4.88 Å². The highest BCUT2D eigenvalue weighted by Crippen LogP contribution is 2.26. The molecule has 0 aliphatic heterocycles. The zero-order chi connectivity index (χ0) is 19.2. The quantitative estimate of drug-likeness (QED) is 0.643. The zero-order valence-corrected chi connectivity index (χ0v) is 16.7. The summed E-state index contributed by atoms with van der Waals surface area (Å²) in [6, 6.07) is 9.34. The lowest BCUT2D eigenvalue weighted by atomic mass is 10.1. The minimum atomic E-state index is -0.536. The fraction of sp³-hybridized carbons (Fsp3) is 0.421. The predicted molar refractivity (Wildman–Crippen MR) is 106 cm³/mol. The van der Waals surface area contributed by atoms with Crippen LogP contribution in [-0.2, 0) is 24.1 Å². The molecule has 2 aromatic heterocycles. The summed E-state index contributed by atoms with van der Waals surface area (Å²) in [4.78, 5) is 18.9. The molecule has 0 aliphatic rings. The van der Waals surface area contributed by atoms with Crippen molar-refractivity contribution in [2.45, 2.75) is 52.5 Å². The SMILES string of the molecule is CCCc1nc(NC(=O)C(Cc2ccccc2)n2nnnc2C)sc1CC. The van der Waals surface area contributed by atoms with Crippen LogP contribution >= 0.6 is 11.3 Å². The Labute approximate surface area is 162 Å². The van der Waals surface area contributed by atoms with Crippen molar-refractivity contribution in [3.8, 4) is 0 Å². The number of nitrogens with one attached hydrogen (secondary N) is 1. The second-order valence-corrected chi connectivity index (χ2v) is 7.44. The fourth-order valence-corrected chi connectivity index (χ4v) is 3.94. The molecular weight excluding hydrogens is 360 g/mol. The molecule has 142 valence electrons. The van der Waals surface area contributed by atoms with Gasteiger partial charge < -0.3 is 5.32 Å². The highest BCUT2D eigenvalue weighted by Gasteiger charge is 2.25. The number of rotatable bonds is 8. The molecule has 0 fully saturated rings. The lowest BCUT2D eigenvalue weighted by molar-refractivity contribution is -0.119. The van der Waals surface area contributed by atoms with Crippen LogP contribution in [0.1, 0.15) is 48.3 Å². The molecule has 1 amide bonds. The van der Waals surface area contributed by atoms with Gasteiger partial charge >= 0.3 is 0 Å². The van der Waals surface area contributed by atoms with Crippen LogP contribution in [0.25, 0.3) is 0 Å². The number of carbonyl (C=O) groups is 1. The standard InChI is InChI=1S/C19H24N6OS/c1-4-9-15-17(5-2)27-19(20-15)21-18(26)16(25-13(3)22-23-24-25)12-14-10-7-6-8-11-14/h6-8,10-11,16H,4-5,9,12H2,1-3H3,(H,20,21,26). The Bertz CT molecular complexity index is 889. The van der Waals surface area contributed by atoms with E-state index in [2.05, 4.69) is 39.7 Å². The van der Waals surface area contributed by atoms with Crippen molar-refractivity contribution >= 4 is 22.4 Å². The van der Waals surface area contributed by atoms with Gasteiger partial charge in [-0.3, -0.25) is 4.79 Å². The van der Waals surface area contributed by atoms with Gasteiger partial charge in [0.1, 0.15) is 11.9 Å². The van der Waals surface area contributed by atoms with Crippen LogP contribution in [0.5, 0.6) is 0 Å². The Morgan fingerprint density at radius 2 is 2.04 bits per heavy atom. The Balaban J connectivity index is 1.84. The summed E-state index contributed by atoms with van der Waals surface area (Å²) < 4.78 is 1.57. The molecule has 0 saturated heterocycles. The van der Waals surface area contributed by atoms with Gasteiger partial charge in [0.15, 0.2) is 5.13 Å². The first kappa shape index (κ1) is 19.2. The fourth-order valence-electron chi connectivity index (χ4n) is 2.99. The van der Waals surface area contributed by atoms with Crippen LogP contribution in [0.15, 0.2) is 30.3 Å². The van der Waals surface area contributed by atoms with Crippen LogP contribution in [0, 0.1) is 6.92 Å². The van der Waals surface area contributed by atoms with Gasteiger partial charge in [0, 0.05) is 11.3 Å². The molecule has 0 aliphatic carbocycles. The van der Waals surface area contributed by atoms with Gasteiger partial charge in [0.05, 0.1) is 5.69 Å². The summed E-state index contributed by atoms with van der Waals surface area (Å²) in [6.07, 6.45) is 3.38. The van der Waals surface area contributed by atoms with Crippen molar-refractivity contribution in [3.63, 3.8) is 0 Å². The van der Waals surface area contributed by atoms with Crippen LogP contribution in [0.2, 0.25) is 0 Å². The maximum Gasteiger partial charge on any atom is 0.251 e. The van der Waals surface area contributed by atoms with E-state index in [1.807, 2.05) is 30.3 Å². The molecule has 0 bridgehead atoms. The van der Waals surface area contributed by atoms with Crippen molar-refractivity contribution in [2.24, 2.45) is 0 Å².